The number of ether oxygens (including phenoxy) is 2. The zero-order valence-electron chi connectivity index (χ0n) is 18.5. The summed E-state index contributed by atoms with van der Waals surface area (Å²) < 4.78 is 49.6. The Morgan fingerprint density at radius 1 is 1.15 bits per heavy atom. The number of nitrogens with one attached hydrogen (secondary N) is 2. The van der Waals surface area contributed by atoms with Crippen molar-refractivity contribution >= 4 is 23.4 Å². The fourth-order valence-electron chi connectivity index (χ4n) is 3.25. The average molecular weight is 465 g/mol. The van der Waals surface area contributed by atoms with Crippen molar-refractivity contribution in [2.45, 2.75) is 45.2 Å². The molecular weight excluding hydrogens is 439 g/mol. The van der Waals surface area contributed by atoms with Crippen LogP contribution >= 0.6 is 0 Å². The first-order valence-electron chi connectivity index (χ1n) is 10.4. The molecule has 1 atom stereocenters. The third-order valence-corrected chi connectivity index (χ3v) is 5.09. The van der Waals surface area contributed by atoms with E-state index in [-0.39, 0.29) is 17.7 Å². The maximum atomic E-state index is 13.0. The van der Waals surface area contributed by atoms with Crippen molar-refractivity contribution < 1.29 is 32.2 Å². The van der Waals surface area contributed by atoms with Crippen LogP contribution in [0.4, 0.5) is 29.3 Å². The van der Waals surface area contributed by atoms with E-state index in [1.165, 1.54) is 13.0 Å². The molecule has 1 unspecified atom stereocenters. The Morgan fingerprint density at radius 3 is 2.48 bits per heavy atom. The fourth-order valence-corrected chi connectivity index (χ4v) is 3.25. The summed E-state index contributed by atoms with van der Waals surface area (Å²) in [6.07, 6.45) is -6.22. The van der Waals surface area contributed by atoms with Crippen molar-refractivity contribution in [2.75, 3.05) is 23.3 Å². The fraction of sp³-hybridized carbons (Fsp3) is 0.391. The number of halogens is 3. The molecule has 0 saturated carbocycles. The number of carbonyl (C=O) groups excluding carboxylic acids is 2. The minimum absolute atomic E-state index is 0.168. The lowest BCUT2D eigenvalue weighted by Crippen LogP contribution is -2.46. The van der Waals surface area contributed by atoms with Crippen molar-refractivity contribution in [2.24, 2.45) is 0 Å². The van der Waals surface area contributed by atoms with Crippen LogP contribution in [-0.2, 0) is 16.1 Å². The highest BCUT2D eigenvalue weighted by Gasteiger charge is 2.51. The van der Waals surface area contributed by atoms with Gasteiger partial charge in [-0.05, 0) is 37.6 Å². The van der Waals surface area contributed by atoms with Crippen LogP contribution in [0, 0.1) is 0 Å². The molecule has 178 valence electrons. The van der Waals surface area contributed by atoms with Gasteiger partial charge in [0.25, 0.3) is 0 Å². The second kappa shape index (κ2) is 9.60. The number of nitrogens with zero attached hydrogens (tertiary/aromatic N) is 1. The normalized spacial score (nSPS) is 15.8. The molecule has 3 rings (SSSR count). The first-order valence-corrected chi connectivity index (χ1v) is 10.4. The summed E-state index contributed by atoms with van der Waals surface area (Å²) in [5, 5.41) is 5.10. The summed E-state index contributed by atoms with van der Waals surface area (Å²) in [4.78, 5) is 25.4. The van der Waals surface area contributed by atoms with E-state index >= 15 is 0 Å². The topological polar surface area (TPSA) is 79.9 Å². The predicted molar refractivity (Wildman–Crippen MR) is 117 cm³/mol. The molecule has 0 aromatic heterocycles. The summed E-state index contributed by atoms with van der Waals surface area (Å²) in [5.41, 5.74) is -0.678. The molecule has 2 aromatic carbocycles. The van der Waals surface area contributed by atoms with E-state index in [4.69, 9.17) is 4.74 Å². The smallest absolute Gasteiger partial charge is 0.427 e. The van der Waals surface area contributed by atoms with Crippen molar-refractivity contribution in [3.05, 3.63) is 54.1 Å². The van der Waals surface area contributed by atoms with Gasteiger partial charge in [-0.3, -0.25) is 10.1 Å². The molecule has 1 aliphatic rings. The van der Waals surface area contributed by atoms with E-state index in [0.717, 1.165) is 19.4 Å². The predicted octanol–water partition coefficient (Wildman–Crippen LogP) is 4.48. The van der Waals surface area contributed by atoms with E-state index in [2.05, 4.69) is 15.4 Å². The SMILES string of the molecule is CC(=O)NCC1CN(Cc2ccccc2)c2cc(NC(=O)OC(C)(C)C(F)(F)F)ccc2O1. The number of rotatable bonds is 6. The molecule has 0 spiro atoms. The van der Waals surface area contributed by atoms with Crippen molar-refractivity contribution in [3.63, 3.8) is 0 Å². The van der Waals surface area contributed by atoms with E-state index in [9.17, 15) is 22.8 Å². The van der Waals surface area contributed by atoms with Gasteiger partial charge < -0.3 is 19.7 Å². The van der Waals surface area contributed by atoms with Gasteiger partial charge in [-0.15, -0.1) is 0 Å². The highest BCUT2D eigenvalue weighted by molar-refractivity contribution is 5.86. The minimum atomic E-state index is -4.70. The lowest BCUT2D eigenvalue weighted by molar-refractivity contribution is -0.242. The summed E-state index contributed by atoms with van der Waals surface area (Å²) in [7, 11) is 0. The molecule has 0 fully saturated rings. The molecule has 0 bridgehead atoms. The second-order valence-corrected chi connectivity index (χ2v) is 8.25. The van der Waals surface area contributed by atoms with Gasteiger partial charge in [0.1, 0.15) is 11.9 Å². The Hall–Kier alpha value is -3.43. The van der Waals surface area contributed by atoms with Crippen LogP contribution in [0.15, 0.2) is 48.5 Å². The van der Waals surface area contributed by atoms with Gasteiger partial charge in [0.05, 0.1) is 18.8 Å². The number of fused-ring (bicyclic) bond motifs is 1. The van der Waals surface area contributed by atoms with Gasteiger partial charge in [-0.1, -0.05) is 30.3 Å². The summed E-state index contributed by atoms with van der Waals surface area (Å²) >= 11 is 0. The maximum Gasteiger partial charge on any atom is 0.427 e. The molecule has 2 amide bonds. The molecule has 2 aromatic rings. The van der Waals surface area contributed by atoms with E-state index in [1.807, 2.05) is 35.2 Å². The van der Waals surface area contributed by atoms with Gasteiger partial charge in [0.15, 0.2) is 0 Å². The molecule has 1 heterocycles. The number of benzene rings is 2. The van der Waals surface area contributed by atoms with Gasteiger partial charge >= 0.3 is 12.3 Å². The Labute approximate surface area is 189 Å². The molecule has 0 aliphatic carbocycles. The third kappa shape index (κ3) is 6.30. The monoisotopic (exact) mass is 465 g/mol. The molecular formula is C23H26F3N3O4. The summed E-state index contributed by atoms with van der Waals surface area (Å²) in [6, 6.07) is 14.4. The summed E-state index contributed by atoms with van der Waals surface area (Å²) in [5.74, 6) is 0.362. The molecule has 0 saturated heterocycles. The average Bonchev–Trinajstić information content (AvgIpc) is 2.72. The van der Waals surface area contributed by atoms with Crippen LogP contribution in [0.25, 0.3) is 0 Å². The van der Waals surface area contributed by atoms with Crippen molar-refractivity contribution in [3.8, 4) is 5.75 Å². The van der Waals surface area contributed by atoms with E-state index in [1.54, 1.807) is 12.1 Å². The molecule has 7 nitrogen and oxygen atoms in total. The number of alkyl halides is 3. The Balaban J connectivity index is 1.80. The lowest BCUT2D eigenvalue weighted by Gasteiger charge is -2.36. The molecule has 33 heavy (non-hydrogen) atoms. The van der Waals surface area contributed by atoms with Crippen LogP contribution in [0.2, 0.25) is 0 Å². The number of hydrogen-bond acceptors (Lipinski definition) is 5. The zero-order chi connectivity index (χ0) is 24.2. The molecule has 2 N–H and O–H groups in total. The van der Waals surface area contributed by atoms with E-state index < -0.39 is 17.9 Å². The Kier molecular flexibility index (Phi) is 7.04. The standard InChI is InChI=1S/C23H26F3N3O4/c1-15(30)27-12-18-14-29(13-16-7-5-4-6-8-16)19-11-17(9-10-20(19)32-18)28-21(31)33-22(2,3)23(24,25)26/h4-11,18H,12-14H2,1-3H3,(H,27,30)(H,28,31). The highest BCUT2D eigenvalue weighted by atomic mass is 19.4. The van der Waals surface area contributed by atoms with Crippen LogP contribution in [0.5, 0.6) is 5.75 Å². The molecule has 0 radical (unpaired) electrons. The maximum absolute atomic E-state index is 13.0. The molecule has 10 heteroatoms. The third-order valence-electron chi connectivity index (χ3n) is 5.09. The second-order valence-electron chi connectivity index (χ2n) is 8.25. The van der Waals surface area contributed by atoms with Gasteiger partial charge in [-0.25, -0.2) is 4.79 Å². The van der Waals surface area contributed by atoms with E-state index in [0.29, 0.717) is 31.1 Å². The summed E-state index contributed by atoms with van der Waals surface area (Å²) in [6.45, 7) is 4.29. The quantitative estimate of drug-likeness (QED) is 0.658. The lowest BCUT2D eigenvalue weighted by atomic mass is 10.1. The van der Waals surface area contributed by atoms with Gasteiger partial charge in [0.2, 0.25) is 11.5 Å². The Bertz CT molecular complexity index is 996. The first-order chi connectivity index (χ1) is 15.4. The van der Waals surface area contributed by atoms with Gasteiger partial charge in [-0.2, -0.15) is 13.2 Å². The Morgan fingerprint density at radius 2 is 1.85 bits per heavy atom. The zero-order valence-corrected chi connectivity index (χ0v) is 18.5. The van der Waals surface area contributed by atoms with Crippen LogP contribution < -0.4 is 20.3 Å². The van der Waals surface area contributed by atoms with Crippen LogP contribution in [-0.4, -0.2) is 43.0 Å². The van der Waals surface area contributed by atoms with Crippen LogP contribution in [0.3, 0.4) is 0 Å². The number of carbonyl (C=O) groups is 2. The van der Waals surface area contributed by atoms with Gasteiger partial charge in [0, 0.05) is 19.2 Å². The van der Waals surface area contributed by atoms with Crippen molar-refractivity contribution in [1.29, 1.82) is 0 Å². The highest BCUT2D eigenvalue weighted by Crippen LogP contribution is 2.37. The number of anilines is 2. The minimum Gasteiger partial charge on any atom is -0.485 e. The van der Waals surface area contributed by atoms with Crippen LogP contribution in [0.1, 0.15) is 26.3 Å². The number of amides is 2. The first kappa shape index (κ1) is 24.2. The number of hydrogen-bond donors (Lipinski definition) is 2. The van der Waals surface area contributed by atoms with Crippen molar-refractivity contribution in [1.82, 2.24) is 5.32 Å². The molecule has 1 aliphatic heterocycles. The largest absolute Gasteiger partial charge is 0.485 e.